The molecule has 72 valence electrons. The van der Waals surface area contributed by atoms with E-state index in [1.165, 1.54) is 0 Å². The molecular formula is C10H16N2O. The van der Waals surface area contributed by atoms with Crippen molar-refractivity contribution < 1.29 is 4.74 Å². The number of methoxy groups -OCH3 is 1. The maximum absolute atomic E-state index is 5.06. The van der Waals surface area contributed by atoms with Crippen molar-refractivity contribution in [3.8, 4) is 0 Å². The molecule has 0 saturated carbocycles. The van der Waals surface area contributed by atoms with E-state index in [1.54, 1.807) is 13.4 Å². The molecule has 1 aromatic rings. The van der Waals surface area contributed by atoms with E-state index in [-0.39, 0.29) is 5.41 Å². The zero-order valence-corrected chi connectivity index (χ0v) is 8.42. The van der Waals surface area contributed by atoms with Crippen LogP contribution in [0.15, 0.2) is 19.0 Å². The summed E-state index contributed by atoms with van der Waals surface area (Å²) >= 11 is 0. The van der Waals surface area contributed by atoms with Gasteiger partial charge in [-0.25, -0.2) is 4.98 Å². The van der Waals surface area contributed by atoms with Crippen LogP contribution in [0.1, 0.15) is 25.2 Å². The predicted octanol–water partition coefficient (Wildman–Crippen LogP) is 2.02. The lowest BCUT2D eigenvalue weighted by molar-refractivity contribution is 0.180. The first-order chi connectivity index (χ1) is 6.11. The molecule has 0 aromatic carbocycles. The first kappa shape index (κ1) is 9.99. The van der Waals surface area contributed by atoms with Gasteiger partial charge in [0.15, 0.2) is 0 Å². The van der Waals surface area contributed by atoms with Crippen LogP contribution in [-0.4, -0.2) is 17.1 Å². The number of nitrogens with one attached hydrogen (secondary N) is 1. The number of imidazole rings is 1. The van der Waals surface area contributed by atoms with Crippen molar-refractivity contribution in [3.05, 3.63) is 30.4 Å². The lowest BCUT2D eigenvalue weighted by Gasteiger charge is -2.18. The number of aromatic amines is 1. The molecule has 0 bridgehead atoms. The molecule has 0 aliphatic carbocycles. The number of hydrogen-bond acceptors (Lipinski definition) is 2. The molecule has 0 amide bonds. The average molecular weight is 180 g/mol. The molecule has 0 unspecified atom stereocenters. The van der Waals surface area contributed by atoms with Crippen LogP contribution in [0.5, 0.6) is 0 Å². The van der Waals surface area contributed by atoms with Gasteiger partial charge in [-0.05, 0) is 0 Å². The first-order valence-electron chi connectivity index (χ1n) is 4.27. The predicted molar refractivity (Wildman–Crippen MR) is 52.5 cm³/mol. The fourth-order valence-electron chi connectivity index (χ4n) is 1.23. The van der Waals surface area contributed by atoms with Crippen LogP contribution in [0.2, 0.25) is 0 Å². The smallest absolute Gasteiger partial charge is 0.0926 e. The zero-order valence-electron chi connectivity index (χ0n) is 8.42. The minimum Gasteiger partial charge on any atom is -0.378 e. The van der Waals surface area contributed by atoms with Crippen molar-refractivity contribution in [3.63, 3.8) is 0 Å². The van der Waals surface area contributed by atoms with Crippen molar-refractivity contribution >= 4 is 0 Å². The Morgan fingerprint density at radius 2 is 2.38 bits per heavy atom. The number of ether oxygens (including phenoxy) is 1. The second-order valence-corrected chi connectivity index (χ2v) is 3.59. The topological polar surface area (TPSA) is 37.9 Å². The second kappa shape index (κ2) is 3.75. The van der Waals surface area contributed by atoms with Crippen LogP contribution >= 0.6 is 0 Å². The average Bonchev–Trinajstić information content (AvgIpc) is 2.54. The van der Waals surface area contributed by atoms with E-state index >= 15 is 0 Å². The summed E-state index contributed by atoms with van der Waals surface area (Å²) in [5, 5.41) is 0. The van der Waals surface area contributed by atoms with Gasteiger partial charge in [0.25, 0.3) is 0 Å². The molecule has 3 heteroatoms. The van der Waals surface area contributed by atoms with Crippen LogP contribution in [0, 0.1) is 0 Å². The third-order valence-corrected chi connectivity index (χ3v) is 2.13. The fourth-order valence-corrected chi connectivity index (χ4v) is 1.23. The highest BCUT2D eigenvalue weighted by Gasteiger charge is 2.22. The number of hydrogen-bond donors (Lipinski definition) is 1. The van der Waals surface area contributed by atoms with Crippen molar-refractivity contribution in [2.24, 2.45) is 0 Å². The van der Waals surface area contributed by atoms with Crippen LogP contribution < -0.4 is 0 Å². The molecule has 0 aliphatic rings. The minimum absolute atomic E-state index is 0.103. The van der Waals surface area contributed by atoms with Gasteiger partial charge in [0.1, 0.15) is 0 Å². The molecule has 0 radical (unpaired) electrons. The van der Waals surface area contributed by atoms with Gasteiger partial charge in [0.05, 0.1) is 24.3 Å². The van der Waals surface area contributed by atoms with Crippen molar-refractivity contribution in [2.75, 3.05) is 7.11 Å². The Bertz CT molecular complexity index is 289. The lowest BCUT2D eigenvalue weighted by atomic mass is 9.88. The highest BCUT2D eigenvalue weighted by atomic mass is 16.5. The normalized spacial score (nSPS) is 11.6. The summed E-state index contributed by atoms with van der Waals surface area (Å²) in [6.07, 6.45) is 3.58. The molecule has 0 spiro atoms. The monoisotopic (exact) mass is 180 g/mol. The minimum atomic E-state index is -0.103. The Hall–Kier alpha value is -1.09. The van der Waals surface area contributed by atoms with Crippen LogP contribution in [-0.2, 0) is 16.8 Å². The molecular weight excluding hydrogens is 164 g/mol. The number of H-pyrrole nitrogens is 1. The molecule has 13 heavy (non-hydrogen) atoms. The van der Waals surface area contributed by atoms with E-state index in [0.29, 0.717) is 6.61 Å². The van der Waals surface area contributed by atoms with E-state index in [2.05, 4.69) is 30.4 Å². The van der Waals surface area contributed by atoms with E-state index in [0.717, 1.165) is 11.4 Å². The van der Waals surface area contributed by atoms with Crippen LogP contribution in [0.25, 0.3) is 0 Å². The Labute approximate surface area is 78.8 Å². The highest BCUT2D eigenvalue weighted by Crippen LogP contribution is 2.24. The van der Waals surface area contributed by atoms with Crippen molar-refractivity contribution in [1.29, 1.82) is 0 Å². The summed E-state index contributed by atoms with van der Waals surface area (Å²) in [6.45, 7) is 8.51. The number of aromatic nitrogens is 2. The van der Waals surface area contributed by atoms with Gasteiger partial charge in [-0.15, -0.1) is 6.58 Å². The van der Waals surface area contributed by atoms with Gasteiger partial charge in [-0.1, -0.05) is 19.9 Å². The third-order valence-electron chi connectivity index (χ3n) is 2.13. The Balaban J connectivity index is 2.99. The van der Waals surface area contributed by atoms with Crippen LogP contribution in [0.4, 0.5) is 0 Å². The summed E-state index contributed by atoms with van der Waals surface area (Å²) in [5.41, 5.74) is 1.92. The van der Waals surface area contributed by atoms with Gasteiger partial charge < -0.3 is 9.72 Å². The molecule has 0 atom stereocenters. The second-order valence-electron chi connectivity index (χ2n) is 3.59. The summed E-state index contributed by atoms with van der Waals surface area (Å²) < 4.78 is 5.06. The Morgan fingerprint density at radius 1 is 1.69 bits per heavy atom. The van der Waals surface area contributed by atoms with Gasteiger partial charge in [0, 0.05) is 12.5 Å². The molecule has 1 N–H and O–H groups in total. The van der Waals surface area contributed by atoms with E-state index < -0.39 is 0 Å². The quantitative estimate of drug-likeness (QED) is 0.720. The maximum Gasteiger partial charge on any atom is 0.0926 e. The SMILES string of the molecule is C=CC(C)(C)c1nc[nH]c1COC. The number of rotatable bonds is 4. The van der Waals surface area contributed by atoms with Crippen molar-refractivity contribution in [1.82, 2.24) is 9.97 Å². The molecule has 0 aliphatic heterocycles. The van der Waals surface area contributed by atoms with E-state index in [1.807, 2.05) is 6.08 Å². The summed E-state index contributed by atoms with van der Waals surface area (Å²) in [4.78, 5) is 7.33. The molecule has 1 rings (SSSR count). The largest absolute Gasteiger partial charge is 0.378 e. The van der Waals surface area contributed by atoms with Crippen molar-refractivity contribution in [2.45, 2.75) is 25.9 Å². The molecule has 1 heterocycles. The zero-order chi connectivity index (χ0) is 9.90. The molecule has 1 aromatic heterocycles. The maximum atomic E-state index is 5.06. The summed E-state index contributed by atoms with van der Waals surface area (Å²) in [5.74, 6) is 0. The van der Waals surface area contributed by atoms with Crippen LogP contribution in [0.3, 0.4) is 0 Å². The first-order valence-corrected chi connectivity index (χ1v) is 4.27. The standard InChI is InChI=1S/C10H16N2O/c1-5-10(2,3)9-8(6-13-4)11-7-12-9/h5,7H,1,6H2,2-4H3,(H,11,12). The van der Waals surface area contributed by atoms with Gasteiger partial charge >= 0.3 is 0 Å². The number of nitrogens with zero attached hydrogens (tertiary/aromatic N) is 1. The summed E-state index contributed by atoms with van der Waals surface area (Å²) in [6, 6.07) is 0. The van der Waals surface area contributed by atoms with E-state index in [4.69, 9.17) is 4.74 Å². The molecule has 0 saturated heterocycles. The fraction of sp³-hybridized carbons (Fsp3) is 0.500. The number of allylic oxidation sites excluding steroid dienone is 1. The Morgan fingerprint density at radius 3 is 2.92 bits per heavy atom. The van der Waals surface area contributed by atoms with Gasteiger partial charge in [0.2, 0.25) is 0 Å². The highest BCUT2D eigenvalue weighted by molar-refractivity contribution is 5.25. The van der Waals surface area contributed by atoms with Gasteiger partial charge in [-0.3, -0.25) is 0 Å². The van der Waals surface area contributed by atoms with Gasteiger partial charge in [-0.2, -0.15) is 0 Å². The third kappa shape index (κ3) is 1.98. The molecule has 3 nitrogen and oxygen atoms in total. The molecule has 0 fully saturated rings. The Kier molecular flexibility index (Phi) is 2.88. The summed E-state index contributed by atoms with van der Waals surface area (Å²) in [7, 11) is 1.67. The lowest BCUT2D eigenvalue weighted by Crippen LogP contribution is -2.16. The van der Waals surface area contributed by atoms with E-state index in [9.17, 15) is 0 Å².